The molecular weight excluding hydrogens is 651 g/mol. The lowest BCUT2D eigenvalue weighted by Crippen LogP contribution is -2.37. The van der Waals surface area contributed by atoms with Gasteiger partial charge in [-0.05, 0) is 18.6 Å². The van der Waals surface area contributed by atoms with Crippen LogP contribution >= 0.6 is 23.4 Å². The maximum absolute atomic E-state index is 12.4. The van der Waals surface area contributed by atoms with Crippen molar-refractivity contribution in [2.75, 3.05) is 11.7 Å². The minimum atomic E-state index is -6.26. The van der Waals surface area contributed by atoms with E-state index in [0.29, 0.717) is 0 Å². The second-order valence-corrected chi connectivity index (χ2v) is 14.5. The third kappa shape index (κ3) is 7.89. The quantitative estimate of drug-likeness (QED) is 0.173. The van der Waals surface area contributed by atoms with E-state index in [1.54, 1.807) is 5.09 Å². The highest BCUT2D eigenvalue weighted by atomic mass is 32.2. The minimum absolute atomic E-state index is 0. The molecule has 0 radical (unpaired) electrons. The molecule has 0 spiro atoms. The van der Waals surface area contributed by atoms with Crippen LogP contribution in [-0.2, 0) is 41.7 Å². The van der Waals surface area contributed by atoms with Crippen LogP contribution in [0.3, 0.4) is 0 Å². The van der Waals surface area contributed by atoms with Gasteiger partial charge in [0.15, 0.2) is 5.79 Å². The van der Waals surface area contributed by atoms with Gasteiger partial charge in [-0.1, -0.05) is 24.3 Å². The van der Waals surface area contributed by atoms with Crippen LogP contribution in [0.1, 0.15) is 21.9 Å². The number of nitrogens with one attached hydrogen (secondary N) is 2. The molecule has 2 heterocycles. The van der Waals surface area contributed by atoms with E-state index in [-0.39, 0.29) is 26.5 Å². The van der Waals surface area contributed by atoms with Gasteiger partial charge in [0, 0.05) is 38.0 Å². The molecule has 1 aromatic heterocycles. The molecule has 0 saturated carbocycles. The molecule has 0 amide bonds. The van der Waals surface area contributed by atoms with Crippen LogP contribution < -0.4 is 31.0 Å². The fourth-order valence-corrected chi connectivity index (χ4v) is 8.23. The SMILES string of the molecule is O=c1ccn([C@H]2CC[C@@](O)(COP(=O)([O-])OP(=O)([O-])OP(=O)([O-])Nc3cccc4c(S(=O)(=O)[O-])cccc34)O2)c(=O)[nH]1.[HH].[HH]. The molecule has 19 nitrogen and oxygen atoms in total. The Bertz CT molecular complexity index is 1910. The monoisotopic (exact) mass is 673 g/mol. The van der Waals surface area contributed by atoms with Crippen LogP contribution in [0.5, 0.6) is 0 Å². The van der Waals surface area contributed by atoms with Crippen LogP contribution in [-0.4, -0.2) is 40.0 Å². The van der Waals surface area contributed by atoms with Gasteiger partial charge >= 0.3 is 5.69 Å². The highest BCUT2D eigenvalue weighted by Gasteiger charge is 2.41. The summed E-state index contributed by atoms with van der Waals surface area (Å²) in [6.45, 7) is -1.25. The average Bonchev–Trinajstić information content (AvgIpc) is 3.22. The molecule has 1 fully saturated rings. The highest BCUT2D eigenvalue weighted by molar-refractivity contribution is 7.86. The van der Waals surface area contributed by atoms with E-state index in [4.69, 9.17) is 4.74 Å². The van der Waals surface area contributed by atoms with E-state index in [9.17, 15) is 56.0 Å². The van der Waals surface area contributed by atoms with Crippen LogP contribution in [0.4, 0.5) is 5.69 Å². The summed E-state index contributed by atoms with van der Waals surface area (Å²) in [4.78, 5) is 61.0. The molecule has 1 saturated heterocycles. The summed E-state index contributed by atoms with van der Waals surface area (Å²) in [5, 5.41) is 11.8. The fourth-order valence-electron chi connectivity index (χ4n) is 3.91. The first-order valence-corrected chi connectivity index (χ1v) is 17.1. The Hall–Kier alpha value is -2.54. The summed E-state index contributed by atoms with van der Waals surface area (Å²) < 4.78 is 89.2. The normalized spacial score (nSPS) is 23.6. The van der Waals surface area contributed by atoms with Gasteiger partial charge in [-0.3, -0.25) is 32.4 Å². The van der Waals surface area contributed by atoms with E-state index in [1.165, 1.54) is 12.1 Å². The summed E-state index contributed by atoms with van der Waals surface area (Å²) in [5.74, 6) is -2.38. The number of H-pyrrole nitrogens is 1. The Morgan fingerprint density at radius 1 is 1.07 bits per heavy atom. The zero-order valence-corrected chi connectivity index (χ0v) is 24.1. The van der Waals surface area contributed by atoms with Crippen molar-refractivity contribution in [2.24, 2.45) is 0 Å². The molecule has 42 heavy (non-hydrogen) atoms. The number of aromatic amines is 1. The zero-order chi connectivity index (χ0) is 31.1. The van der Waals surface area contributed by atoms with Crippen molar-refractivity contribution in [1.82, 2.24) is 9.55 Å². The van der Waals surface area contributed by atoms with Crippen LogP contribution in [0.2, 0.25) is 0 Å². The number of rotatable bonds is 11. The van der Waals surface area contributed by atoms with E-state index < -0.39 is 74.0 Å². The number of aromatic nitrogens is 2. The van der Waals surface area contributed by atoms with E-state index in [0.717, 1.165) is 41.1 Å². The van der Waals surface area contributed by atoms with Crippen molar-refractivity contribution >= 4 is 50.0 Å². The lowest BCUT2D eigenvalue weighted by molar-refractivity contribution is -0.261. The Labute approximate surface area is 237 Å². The molecule has 5 atom stereocenters. The smallest absolute Gasteiger partial charge is 0.330 e. The standard InChI is InChI=1S/C19H22N3O16P3S.2H2/c23-16-8-10-22(18(24)20-16)17-7-9-19(25,36-17)11-35-40(28,29)38-41(30,31)37-39(26,27)21-14-5-1-4-13-12(14)3-2-6-15(13)42(32,33)34;;/h1-6,8,10,17,25H,7,9,11H2,(H,28,29)(H,30,31)(H,20,23,24)(H2,21,26,27)(H,32,33,34);2*1H/p-4/t17-,19+;;/m1../s1. The van der Waals surface area contributed by atoms with E-state index in [1.807, 2.05) is 4.98 Å². The van der Waals surface area contributed by atoms with Gasteiger partial charge in [0.2, 0.25) is 7.75 Å². The summed E-state index contributed by atoms with van der Waals surface area (Å²) in [6.07, 6.45) is -0.501. The number of phosphoric acid groups is 2. The number of aliphatic hydroxyl groups is 1. The number of nitrogens with zero attached hydrogens (tertiary/aromatic N) is 1. The van der Waals surface area contributed by atoms with E-state index in [2.05, 4.69) is 13.1 Å². The predicted molar refractivity (Wildman–Crippen MR) is 136 cm³/mol. The van der Waals surface area contributed by atoms with E-state index >= 15 is 0 Å². The number of anilines is 1. The first-order valence-electron chi connectivity index (χ1n) is 11.3. The maximum atomic E-state index is 12.4. The molecule has 3 aromatic rings. The molecule has 3 N–H and O–H groups in total. The average molecular weight is 673 g/mol. The van der Waals surface area contributed by atoms with Crippen molar-refractivity contribution in [3.63, 3.8) is 0 Å². The molecule has 2 aromatic carbocycles. The third-order valence-electron chi connectivity index (χ3n) is 5.56. The Balaban J connectivity index is 0.00000337. The van der Waals surface area contributed by atoms with Gasteiger partial charge < -0.3 is 38.7 Å². The second kappa shape index (κ2) is 11.5. The zero-order valence-electron chi connectivity index (χ0n) is 20.6. The van der Waals surface area contributed by atoms with Crippen molar-refractivity contribution in [1.29, 1.82) is 0 Å². The summed E-state index contributed by atoms with van der Waals surface area (Å²) in [7, 11) is -22.9. The number of fused-ring (bicyclic) bond motifs is 1. The number of ether oxygens (including phenoxy) is 1. The summed E-state index contributed by atoms with van der Waals surface area (Å²) in [5.41, 5.74) is -2.04. The van der Waals surface area contributed by atoms with Gasteiger partial charge in [-0.15, -0.1) is 0 Å². The van der Waals surface area contributed by atoms with Crippen molar-refractivity contribution in [3.05, 3.63) is 69.5 Å². The lowest BCUT2D eigenvalue weighted by atomic mass is 10.1. The molecule has 234 valence electrons. The predicted octanol–water partition coefficient (Wildman–Crippen LogP) is -0.349. The highest BCUT2D eigenvalue weighted by Crippen LogP contribution is 2.62. The maximum Gasteiger partial charge on any atom is 0.330 e. The molecule has 0 aliphatic carbocycles. The Morgan fingerprint density at radius 2 is 1.74 bits per heavy atom. The lowest BCUT2D eigenvalue weighted by Gasteiger charge is -2.36. The van der Waals surface area contributed by atoms with Crippen molar-refractivity contribution in [3.8, 4) is 0 Å². The summed E-state index contributed by atoms with van der Waals surface area (Å²) in [6, 6.07) is 7.65. The molecular formula is C19H22N3O16P3S-4. The minimum Gasteiger partial charge on any atom is -0.761 e. The van der Waals surface area contributed by atoms with Crippen LogP contribution in [0.15, 0.2) is 63.1 Å². The first-order chi connectivity index (χ1) is 19.3. The molecule has 23 heteroatoms. The molecule has 1 aliphatic heterocycles. The van der Waals surface area contributed by atoms with Gasteiger partial charge in [0.25, 0.3) is 21.2 Å². The van der Waals surface area contributed by atoms with Crippen LogP contribution in [0, 0.1) is 0 Å². The Morgan fingerprint density at radius 3 is 2.40 bits per heavy atom. The number of phosphoric ester groups is 1. The van der Waals surface area contributed by atoms with Gasteiger partial charge in [0.1, 0.15) is 23.0 Å². The molecule has 4 rings (SSSR count). The van der Waals surface area contributed by atoms with Crippen molar-refractivity contribution < 1.29 is 67.2 Å². The van der Waals surface area contributed by atoms with Gasteiger partial charge in [-0.25, -0.2) is 17.5 Å². The Kier molecular flexibility index (Phi) is 8.88. The molecule has 1 aliphatic rings. The first kappa shape index (κ1) is 32.4. The topological polar surface area (TPSA) is 302 Å². The summed E-state index contributed by atoms with van der Waals surface area (Å²) >= 11 is 0. The molecule has 0 bridgehead atoms. The van der Waals surface area contributed by atoms with Crippen molar-refractivity contribution in [2.45, 2.75) is 29.8 Å². The van der Waals surface area contributed by atoms with Gasteiger partial charge in [-0.2, -0.15) is 0 Å². The number of benzene rings is 2. The number of hydrogen-bond donors (Lipinski definition) is 3. The van der Waals surface area contributed by atoms with Crippen LogP contribution in [0.25, 0.3) is 10.8 Å². The van der Waals surface area contributed by atoms with Gasteiger partial charge in [0.05, 0.1) is 4.90 Å². The largest absolute Gasteiger partial charge is 0.761 e. The third-order valence-corrected chi connectivity index (χ3v) is 10.7. The second-order valence-electron chi connectivity index (χ2n) is 8.63. The number of hydrogen-bond acceptors (Lipinski definition) is 16. The fraction of sp³-hybridized carbons (Fsp3) is 0.263. The molecule has 3 unspecified atom stereocenters.